The van der Waals surface area contributed by atoms with Gasteiger partial charge in [-0.3, -0.25) is 0 Å². The Labute approximate surface area is 138 Å². The highest BCUT2D eigenvalue weighted by Crippen LogP contribution is 2.32. The number of benzene rings is 1. The van der Waals surface area contributed by atoms with Gasteiger partial charge in [0.2, 0.25) is 0 Å². The first-order valence-electron chi connectivity index (χ1n) is 7.95. The summed E-state index contributed by atoms with van der Waals surface area (Å²) in [6.07, 6.45) is 8.90. The maximum absolute atomic E-state index is 6.32. The second-order valence-corrected chi connectivity index (χ2v) is 7.10. The van der Waals surface area contributed by atoms with E-state index in [1.54, 1.807) is 0 Å². The molecule has 0 radical (unpaired) electrons. The highest BCUT2D eigenvalue weighted by molar-refractivity contribution is 6.34. The van der Waals surface area contributed by atoms with Crippen molar-refractivity contribution in [3.63, 3.8) is 0 Å². The Morgan fingerprint density at radius 2 is 1.95 bits per heavy atom. The van der Waals surface area contributed by atoms with Crippen LogP contribution < -0.4 is 5.32 Å². The molecule has 0 aromatic heterocycles. The van der Waals surface area contributed by atoms with E-state index in [1.165, 1.54) is 37.7 Å². The van der Waals surface area contributed by atoms with Crippen molar-refractivity contribution in [2.75, 3.05) is 6.54 Å². The molecule has 1 nitrogen and oxygen atoms in total. The average Bonchev–Trinajstić information content (AvgIpc) is 2.47. The molecule has 1 aromatic rings. The second kappa shape index (κ2) is 8.22. The molecule has 0 amide bonds. The van der Waals surface area contributed by atoms with E-state index in [4.69, 9.17) is 23.2 Å². The molecule has 1 aliphatic carbocycles. The third kappa shape index (κ3) is 5.32. The smallest absolute Gasteiger partial charge is 0.0479 e. The molecule has 0 bridgehead atoms. The van der Waals surface area contributed by atoms with Crippen LogP contribution in [0.25, 0.3) is 6.08 Å². The van der Waals surface area contributed by atoms with Crippen molar-refractivity contribution >= 4 is 29.3 Å². The molecule has 0 spiro atoms. The van der Waals surface area contributed by atoms with E-state index < -0.39 is 0 Å². The fourth-order valence-corrected chi connectivity index (χ4v) is 3.29. The largest absolute Gasteiger partial charge is 0.311 e. The lowest BCUT2D eigenvalue weighted by molar-refractivity contribution is 0.394. The Bertz CT molecular complexity index is 488. The summed E-state index contributed by atoms with van der Waals surface area (Å²) in [5, 5.41) is 5.07. The van der Waals surface area contributed by atoms with Gasteiger partial charge in [0.05, 0.1) is 0 Å². The predicted octanol–water partition coefficient (Wildman–Crippen LogP) is 5.96. The van der Waals surface area contributed by atoms with Gasteiger partial charge < -0.3 is 5.32 Å². The first-order chi connectivity index (χ1) is 10.1. The van der Waals surface area contributed by atoms with Crippen molar-refractivity contribution in [2.24, 2.45) is 5.92 Å². The van der Waals surface area contributed by atoms with Gasteiger partial charge in [0, 0.05) is 22.6 Å². The van der Waals surface area contributed by atoms with E-state index >= 15 is 0 Å². The van der Waals surface area contributed by atoms with Crippen LogP contribution in [0.4, 0.5) is 0 Å². The number of hydrogen-bond donors (Lipinski definition) is 1. The first-order valence-corrected chi connectivity index (χ1v) is 8.70. The van der Waals surface area contributed by atoms with Crippen molar-refractivity contribution < 1.29 is 0 Å². The van der Waals surface area contributed by atoms with E-state index in [0.717, 1.165) is 22.2 Å². The maximum atomic E-state index is 6.32. The lowest BCUT2D eigenvalue weighted by Crippen LogP contribution is -2.27. The van der Waals surface area contributed by atoms with Gasteiger partial charge in [0.25, 0.3) is 0 Å². The monoisotopic (exact) mass is 325 g/mol. The van der Waals surface area contributed by atoms with Crippen LogP contribution in [0.15, 0.2) is 23.8 Å². The fraction of sp³-hybridized carbons (Fsp3) is 0.556. The molecule has 0 saturated heterocycles. The number of rotatable bonds is 5. The molecule has 0 atom stereocenters. The van der Waals surface area contributed by atoms with Crippen LogP contribution >= 0.6 is 23.2 Å². The minimum Gasteiger partial charge on any atom is -0.311 e. The zero-order valence-corrected chi connectivity index (χ0v) is 14.5. The zero-order chi connectivity index (χ0) is 15.2. The van der Waals surface area contributed by atoms with Crippen LogP contribution in [0.1, 0.15) is 51.5 Å². The Morgan fingerprint density at radius 1 is 1.24 bits per heavy atom. The summed E-state index contributed by atoms with van der Waals surface area (Å²) in [7, 11) is 0. The zero-order valence-electron chi connectivity index (χ0n) is 13.0. The third-order valence-electron chi connectivity index (χ3n) is 4.14. The molecule has 1 saturated carbocycles. The Morgan fingerprint density at radius 3 is 2.62 bits per heavy atom. The van der Waals surface area contributed by atoms with Gasteiger partial charge in [0.1, 0.15) is 0 Å². The second-order valence-electron chi connectivity index (χ2n) is 6.26. The normalized spacial score (nSPS) is 17.5. The lowest BCUT2D eigenvalue weighted by atomic mass is 9.83. The molecule has 1 aromatic carbocycles. The van der Waals surface area contributed by atoms with E-state index in [0.29, 0.717) is 12.0 Å². The van der Waals surface area contributed by atoms with Crippen molar-refractivity contribution in [2.45, 2.75) is 52.0 Å². The molecule has 1 N–H and O–H groups in total. The van der Waals surface area contributed by atoms with Crippen molar-refractivity contribution in [1.29, 1.82) is 0 Å². The highest BCUT2D eigenvalue weighted by atomic mass is 35.5. The Kier molecular flexibility index (Phi) is 6.60. The van der Waals surface area contributed by atoms with Crippen molar-refractivity contribution in [3.05, 3.63) is 39.4 Å². The molecular weight excluding hydrogens is 301 g/mol. The Balaban J connectivity index is 2.23. The SMILES string of the molecule is CC(C)NC/C(=C/c1cc(Cl)ccc1Cl)C1CCCCC1. The summed E-state index contributed by atoms with van der Waals surface area (Å²) in [4.78, 5) is 0. The van der Waals surface area contributed by atoms with Gasteiger partial charge in [-0.15, -0.1) is 0 Å². The summed E-state index contributed by atoms with van der Waals surface area (Å²) in [6, 6.07) is 6.17. The van der Waals surface area contributed by atoms with Crippen molar-refractivity contribution in [3.8, 4) is 0 Å². The van der Waals surface area contributed by atoms with Gasteiger partial charge in [-0.25, -0.2) is 0 Å². The number of halogens is 2. The molecule has 21 heavy (non-hydrogen) atoms. The molecule has 3 heteroatoms. The van der Waals surface area contributed by atoms with Crippen molar-refractivity contribution in [1.82, 2.24) is 5.32 Å². The standard InChI is InChI=1S/C18H25Cl2N/c1-13(2)21-12-16(14-6-4-3-5-7-14)10-15-11-17(19)8-9-18(15)20/h8-11,13-14,21H,3-7,12H2,1-2H3/b16-10-. The summed E-state index contributed by atoms with van der Waals surface area (Å²) >= 11 is 12.4. The van der Waals surface area contributed by atoms with Crippen LogP contribution in [0.3, 0.4) is 0 Å². The van der Waals surface area contributed by atoms with E-state index in [2.05, 4.69) is 25.2 Å². The molecule has 2 rings (SSSR count). The summed E-state index contributed by atoms with van der Waals surface area (Å²) in [6.45, 7) is 5.31. The maximum Gasteiger partial charge on any atom is 0.0479 e. The van der Waals surface area contributed by atoms with E-state index in [-0.39, 0.29) is 0 Å². The number of nitrogens with one attached hydrogen (secondary N) is 1. The molecule has 0 aliphatic heterocycles. The number of hydrogen-bond acceptors (Lipinski definition) is 1. The minimum absolute atomic E-state index is 0.492. The first kappa shape index (κ1) is 16.9. The van der Waals surface area contributed by atoms with Gasteiger partial charge in [0.15, 0.2) is 0 Å². The van der Waals surface area contributed by atoms with Crippen LogP contribution in [0.5, 0.6) is 0 Å². The summed E-state index contributed by atoms with van der Waals surface area (Å²) in [5.74, 6) is 0.681. The van der Waals surface area contributed by atoms with E-state index in [1.807, 2.05) is 18.2 Å². The quantitative estimate of drug-likeness (QED) is 0.704. The highest BCUT2D eigenvalue weighted by Gasteiger charge is 2.18. The van der Waals surface area contributed by atoms with Crippen LogP contribution in [-0.4, -0.2) is 12.6 Å². The van der Waals surface area contributed by atoms with Gasteiger partial charge >= 0.3 is 0 Å². The molecule has 1 fully saturated rings. The van der Waals surface area contributed by atoms with E-state index in [9.17, 15) is 0 Å². The van der Waals surface area contributed by atoms with Crippen LogP contribution in [0, 0.1) is 5.92 Å². The summed E-state index contributed by atoms with van der Waals surface area (Å²) in [5.41, 5.74) is 2.50. The Hall–Kier alpha value is -0.500. The van der Waals surface area contributed by atoms with Gasteiger partial charge in [-0.1, -0.05) is 68.0 Å². The molecule has 116 valence electrons. The average molecular weight is 326 g/mol. The third-order valence-corrected chi connectivity index (χ3v) is 4.72. The molecular formula is C18H25Cl2N. The topological polar surface area (TPSA) is 12.0 Å². The minimum atomic E-state index is 0.492. The molecule has 0 heterocycles. The van der Waals surface area contributed by atoms with Crippen LogP contribution in [-0.2, 0) is 0 Å². The van der Waals surface area contributed by atoms with Gasteiger partial charge in [-0.2, -0.15) is 0 Å². The molecule has 1 aliphatic rings. The summed E-state index contributed by atoms with van der Waals surface area (Å²) < 4.78 is 0. The molecule has 0 unspecified atom stereocenters. The van der Waals surface area contributed by atoms with Gasteiger partial charge in [-0.05, 0) is 42.5 Å². The van der Waals surface area contributed by atoms with Crippen LogP contribution in [0.2, 0.25) is 10.0 Å². The predicted molar refractivity (Wildman–Crippen MR) is 94.2 cm³/mol. The lowest BCUT2D eigenvalue weighted by Gasteiger charge is -2.26. The fourth-order valence-electron chi connectivity index (χ4n) is 2.93.